The molecule has 0 unspecified atom stereocenters. The maximum absolute atomic E-state index is 12.5. The Balaban J connectivity index is 1.09. The van der Waals surface area contributed by atoms with Gasteiger partial charge in [-0.05, 0) is 86.3 Å². The van der Waals surface area contributed by atoms with Crippen molar-refractivity contribution < 1.29 is 78.2 Å². The molecule has 13 N–H and O–H groups in total. The van der Waals surface area contributed by atoms with Crippen LogP contribution >= 0.6 is 12.2 Å². The molecule has 2 aliphatic rings. The standard InChI is InChI=1S/C47H55N7O17S/c55-26-8-11-29-35(23-26)71-36-24-27(56)9-12-30(36)41(29)28-10-7-25(22-31(28)42(62)63)51-47(72)50-19-5-3-1-2-4-6-39(59)52-32(43(64)65)13-16-37(57)48-20-21-49-38(58)17-14-33(44(66)67)53-46(70)54-34(45(68)69)15-18-40(60)61/h7-12,22-24,32-34,55H,1-6,13-21H2,(H,48,57)(H,49,58)(H,52,59)(H,60,61)(H,62,63)(H,64,65)(H,66,67)(H,68,69)(H2,50,51,72)(H2,53,54,70)/t32-,33+,34-/m0/s1. The molecule has 2 aromatic carbocycles. The van der Waals surface area contributed by atoms with Crippen molar-refractivity contribution in [2.75, 3.05) is 25.0 Å². The number of aliphatic carboxylic acids is 4. The van der Waals surface area contributed by atoms with Crippen LogP contribution in [0.3, 0.4) is 0 Å². The van der Waals surface area contributed by atoms with Crippen LogP contribution in [0.25, 0.3) is 33.4 Å². The first-order valence-electron chi connectivity index (χ1n) is 22.6. The number of amides is 5. The molecule has 1 aliphatic carbocycles. The zero-order valence-corrected chi connectivity index (χ0v) is 39.4. The van der Waals surface area contributed by atoms with Crippen molar-refractivity contribution in [1.82, 2.24) is 31.9 Å². The quantitative estimate of drug-likeness (QED) is 0.0211. The average molecular weight is 1020 g/mol. The molecule has 5 amide bonds. The van der Waals surface area contributed by atoms with E-state index in [-0.39, 0.29) is 72.0 Å². The predicted molar refractivity (Wildman–Crippen MR) is 261 cm³/mol. The summed E-state index contributed by atoms with van der Waals surface area (Å²) in [6, 6.07) is 7.69. The molecular weight excluding hydrogens is 967 g/mol. The highest BCUT2D eigenvalue weighted by Crippen LogP contribution is 2.42. The maximum atomic E-state index is 12.5. The van der Waals surface area contributed by atoms with E-state index in [9.17, 15) is 68.4 Å². The Bertz CT molecular complexity index is 2690. The first-order chi connectivity index (χ1) is 34.2. The second-order valence-electron chi connectivity index (χ2n) is 16.3. The number of hydrogen-bond acceptors (Lipinski definition) is 13. The molecule has 0 saturated carbocycles. The molecule has 25 heteroatoms. The summed E-state index contributed by atoms with van der Waals surface area (Å²) in [6.07, 6.45) is 1.22. The Morgan fingerprint density at radius 3 is 1.74 bits per heavy atom. The van der Waals surface area contributed by atoms with E-state index in [2.05, 4.69) is 26.6 Å². The lowest BCUT2D eigenvalue weighted by Gasteiger charge is -2.18. The number of aromatic hydroxyl groups is 1. The third kappa shape index (κ3) is 18.2. The third-order valence-corrected chi connectivity index (χ3v) is 11.1. The number of rotatable bonds is 29. The van der Waals surface area contributed by atoms with Gasteiger partial charge in [-0.3, -0.25) is 24.0 Å². The lowest BCUT2D eigenvalue weighted by Crippen LogP contribution is -2.51. The molecule has 3 atom stereocenters. The lowest BCUT2D eigenvalue weighted by atomic mass is 9.90. The van der Waals surface area contributed by atoms with Crippen LogP contribution in [0.4, 0.5) is 10.5 Å². The number of aromatic carboxylic acids is 1. The third-order valence-electron chi connectivity index (χ3n) is 10.9. The predicted octanol–water partition coefficient (Wildman–Crippen LogP) is 3.03. The van der Waals surface area contributed by atoms with Crippen molar-refractivity contribution >= 4 is 87.6 Å². The number of carbonyl (C=O) groups excluding carboxylic acids is 4. The second-order valence-corrected chi connectivity index (χ2v) is 16.8. The van der Waals surface area contributed by atoms with E-state index < -0.39 is 91.0 Å². The van der Waals surface area contributed by atoms with Crippen molar-refractivity contribution in [2.24, 2.45) is 0 Å². The van der Waals surface area contributed by atoms with E-state index >= 15 is 0 Å². The highest BCUT2D eigenvalue weighted by molar-refractivity contribution is 7.80. The van der Waals surface area contributed by atoms with Gasteiger partial charge in [0.15, 0.2) is 10.5 Å². The molecule has 1 aliphatic heterocycles. The highest BCUT2D eigenvalue weighted by Gasteiger charge is 2.27. The molecule has 0 radical (unpaired) electrons. The molecule has 72 heavy (non-hydrogen) atoms. The van der Waals surface area contributed by atoms with Gasteiger partial charge in [0, 0.05) is 79.7 Å². The summed E-state index contributed by atoms with van der Waals surface area (Å²) >= 11 is 5.44. The van der Waals surface area contributed by atoms with Gasteiger partial charge in [-0.1, -0.05) is 25.3 Å². The number of thiocarbonyl (C=S) groups is 1. The molecular formula is C47H55N7O17S. The molecule has 24 nitrogen and oxygen atoms in total. The van der Waals surface area contributed by atoms with E-state index in [1.54, 1.807) is 24.3 Å². The zero-order valence-electron chi connectivity index (χ0n) is 38.6. The number of unbranched alkanes of at least 4 members (excludes halogenated alkanes) is 4. The zero-order chi connectivity index (χ0) is 52.9. The Hall–Kier alpha value is -8.35. The molecule has 4 rings (SSSR count). The van der Waals surface area contributed by atoms with Gasteiger partial charge in [-0.15, -0.1) is 0 Å². The fraction of sp³-hybridized carbons (Fsp3) is 0.383. The fourth-order valence-corrected chi connectivity index (χ4v) is 7.50. The van der Waals surface area contributed by atoms with Gasteiger partial charge in [-0.2, -0.15) is 0 Å². The van der Waals surface area contributed by atoms with Crippen LogP contribution < -0.4 is 42.6 Å². The minimum Gasteiger partial charge on any atom is -0.508 e. The molecule has 1 heterocycles. The maximum Gasteiger partial charge on any atom is 0.336 e. The lowest BCUT2D eigenvalue weighted by molar-refractivity contribution is -0.142. The Morgan fingerprint density at radius 2 is 1.14 bits per heavy atom. The topological polar surface area (TPSA) is 389 Å². The molecule has 0 spiro atoms. The number of hydrogen-bond donors (Lipinski definition) is 13. The van der Waals surface area contributed by atoms with Gasteiger partial charge < -0.3 is 72.3 Å². The number of carboxylic acids is 5. The number of phenols is 1. The summed E-state index contributed by atoms with van der Waals surface area (Å²) in [5.74, 6) is -8.42. The summed E-state index contributed by atoms with van der Waals surface area (Å²) in [5.41, 5.74) is 1.70. The van der Waals surface area contributed by atoms with E-state index in [0.717, 1.165) is 19.3 Å². The molecule has 2 aromatic rings. The van der Waals surface area contributed by atoms with Gasteiger partial charge in [0.2, 0.25) is 17.7 Å². The van der Waals surface area contributed by atoms with Crippen molar-refractivity contribution in [3.8, 4) is 28.2 Å². The van der Waals surface area contributed by atoms with Crippen LogP contribution in [0, 0.1) is 0 Å². The monoisotopic (exact) mass is 1020 g/mol. The summed E-state index contributed by atoms with van der Waals surface area (Å²) in [7, 11) is 0. The molecule has 386 valence electrons. The fourth-order valence-electron chi connectivity index (χ4n) is 7.28. The van der Waals surface area contributed by atoms with Gasteiger partial charge in [0.1, 0.15) is 35.2 Å². The van der Waals surface area contributed by atoms with Gasteiger partial charge >= 0.3 is 35.9 Å². The summed E-state index contributed by atoms with van der Waals surface area (Å²) < 4.78 is 5.88. The SMILES string of the molecule is O=C(O)CC[C@H](NC(=O)N[C@H](CCC(=O)NCCNC(=O)CC[C@H](NC(=O)CCCCCCCNC(=S)Nc1ccc(-c2c3ccc(=O)cc-3oc3cc(O)ccc23)c(C(=O)O)c1)C(=O)O)C(=O)O)C(=O)O. The van der Waals surface area contributed by atoms with Crippen LogP contribution in [0.2, 0.25) is 0 Å². The Morgan fingerprint density at radius 1 is 0.569 bits per heavy atom. The highest BCUT2D eigenvalue weighted by atomic mass is 32.1. The number of anilines is 1. The van der Waals surface area contributed by atoms with Gasteiger partial charge in [0.25, 0.3) is 0 Å². The first-order valence-corrected chi connectivity index (χ1v) is 23.0. The van der Waals surface area contributed by atoms with Crippen molar-refractivity contribution in [2.45, 2.75) is 95.2 Å². The molecule has 0 aromatic heterocycles. The number of nitrogens with one attached hydrogen (secondary N) is 7. The molecule has 0 fully saturated rings. The molecule has 0 saturated heterocycles. The van der Waals surface area contributed by atoms with E-state index in [4.69, 9.17) is 26.8 Å². The number of urea groups is 1. The number of phenolic OH excluding ortho intramolecular Hbond substituents is 1. The van der Waals surface area contributed by atoms with Crippen LogP contribution in [-0.2, 0) is 33.6 Å². The number of carboxylic acid groups (broad SMARTS) is 5. The van der Waals surface area contributed by atoms with Crippen LogP contribution in [0.1, 0.15) is 87.4 Å². The van der Waals surface area contributed by atoms with E-state index in [0.29, 0.717) is 47.2 Å². The van der Waals surface area contributed by atoms with Gasteiger partial charge in [0.05, 0.1) is 5.56 Å². The second kappa shape index (κ2) is 27.7. The normalized spacial score (nSPS) is 12.1. The van der Waals surface area contributed by atoms with Crippen LogP contribution in [0.5, 0.6) is 5.75 Å². The Labute approximate surface area is 415 Å². The number of carbonyl (C=O) groups is 9. The van der Waals surface area contributed by atoms with Crippen molar-refractivity contribution in [3.63, 3.8) is 0 Å². The van der Waals surface area contributed by atoms with Crippen LogP contribution in [0.15, 0.2) is 63.8 Å². The van der Waals surface area contributed by atoms with Crippen molar-refractivity contribution in [1.29, 1.82) is 0 Å². The average Bonchev–Trinajstić information content (AvgIpc) is 3.31. The summed E-state index contributed by atoms with van der Waals surface area (Å²) in [4.78, 5) is 119. The molecule has 0 bridgehead atoms. The minimum atomic E-state index is -1.60. The van der Waals surface area contributed by atoms with E-state index in [1.165, 1.54) is 30.3 Å². The number of benzene rings is 3. The van der Waals surface area contributed by atoms with Crippen molar-refractivity contribution in [3.05, 3.63) is 70.4 Å². The first kappa shape index (κ1) is 56.2. The summed E-state index contributed by atoms with van der Waals surface area (Å²) in [5, 5.41) is 75.4. The Kier molecular flexibility index (Phi) is 21.7. The summed E-state index contributed by atoms with van der Waals surface area (Å²) in [6.45, 7) is 0.342. The van der Waals surface area contributed by atoms with E-state index in [1.807, 2.05) is 10.6 Å². The largest absolute Gasteiger partial charge is 0.508 e. The number of fused-ring (bicyclic) bond motifs is 2. The van der Waals surface area contributed by atoms with Gasteiger partial charge in [-0.25, -0.2) is 24.0 Å². The van der Waals surface area contributed by atoms with Crippen LogP contribution in [-0.4, -0.2) is 127 Å². The minimum absolute atomic E-state index is 0.0460. The smallest absolute Gasteiger partial charge is 0.336 e.